The van der Waals surface area contributed by atoms with Gasteiger partial charge in [0.05, 0.1) is 18.5 Å². The minimum absolute atomic E-state index is 0.138. The summed E-state index contributed by atoms with van der Waals surface area (Å²) in [5, 5.41) is 7.36. The van der Waals surface area contributed by atoms with Crippen LogP contribution < -0.4 is 20.3 Å². The lowest BCUT2D eigenvalue weighted by Crippen LogP contribution is -2.45. The van der Waals surface area contributed by atoms with Crippen molar-refractivity contribution in [2.45, 2.75) is 44.3 Å². The zero-order chi connectivity index (χ0) is 19.5. The summed E-state index contributed by atoms with van der Waals surface area (Å²) in [4.78, 5) is 18.5. The molecule has 2 aliphatic heterocycles. The van der Waals surface area contributed by atoms with Crippen molar-refractivity contribution >= 4 is 11.6 Å². The van der Waals surface area contributed by atoms with E-state index in [4.69, 9.17) is 4.74 Å². The summed E-state index contributed by atoms with van der Waals surface area (Å²) in [5.74, 6) is 0.785. The number of fused-ring (bicyclic) bond motifs is 1. The van der Waals surface area contributed by atoms with Crippen LogP contribution in [0.2, 0.25) is 0 Å². The van der Waals surface area contributed by atoms with Gasteiger partial charge in [0.1, 0.15) is 0 Å². The molecular weight excluding hydrogens is 352 g/mol. The first kappa shape index (κ1) is 18.9. The Kier molecular flexibility index (Phi) is 5.59. The molecule has 1 aromatic carbocycles. The van der Waals surface area contributed by atoms with Gasteiger partial charge in [-0.25, -0.2) is 4.98 Å². The minimum atomic E-state index is 0.138. The molecule has 0 radical (unpaired) electrons. The van der Waals surface area contributed by atoms with E-state index < -0.39 is 0 Å². The monoisotopic (exact) mass is 380 g/mol. The number of aromatic nitrogens is 1. The van der Waals surface area contributed by atoms with E-state index in [1.165, 1.54) is 5.56 Å². The number of benzene rings is 1. The van der Waals surface area contributed by atoms with Gasteiger partial charge in [-0.1, -0.05) is 30.3 Å². The Labute approximate surface area is 166 Å². The minimum Gasteiger partial charge on any atom is -0.481 e. The number of rotatable bonds is 5. The predicted molar refractivity (Wildman–Crippen MR) is 110 cm³/mol. The van der Waals surface area contributed by atoms with Gasteiger partial charge < -0.3 is 20.3 Å². The SMILES string of the molecule is COc1nc2c(cc1CNC1CCCNC1c1ccccc1)N(C)C(=O)CC2. The maximum Gasteiger partial charge on any atom is 0.227 e. The van der Waals surface area contributed by atoms with Crippen molar-refractivity contribution in [3.63, 3.8) is 0 Å². The lowest BCUT2D eigenvalue weighted by Gasteiger charge is -2.34. The number of hydrogen-bond acceptors (Lipinski definition) is 5. The highest BCUT2D eigenvalue weighted by atomic mass is 16.5. The lowest BCUT2D eigenvalue weighted by molar-refractivity contribution is -0.118. The summed E-state index contributed by atoms with van der Waals surface area (Å²) in [6.07, 6.45) is 3.44. The van der Waals surface area contributed by atoms with Crippen molar-refractivity contribution in [3.05, 3.63) is 53.2 Å². The molecule has 0 bridgehead atoms. The van der Waals surface area contributed by atoms with Crippen molar-refractivity contribution in [2.75, 3.05) is 25.6 Å². The van der Waals surface area contributed by atoms with E-state index in [1.54, 1.807) is 12.0 Å². The van der Waals surface area contributed by atoms with Gasteiger partial charge in [-0.05, 0) is 31.0 Å². The van der Waals surface area contributed by atoms with Gasteiger partial charge in [0.15, 0.2) is 0 Å². The number of amides is 1. The van der Waals surface area contributed by atoms with E-state index in [1.807, 2.05) is 7.05 Å². The maximum absolute atomic E-state index is 12.1. The number of carbonyl (C=O) groups excluding carboxylic acids is 1. The van der Waals surface area contributed by atoms with Crippen molar-refractivity contribution < 1.29 is 9.53 Å². The zero-order valence-corrected chi connectivity index (χ0v) is 16.6. The van der Waals surface area contributed by atoms with Crippen LogP contribution in [-0.2, 0) is 17.8 Å². The van der Waals surface area contributed by atoms with E-state index in [0.717, 1.165) is 36.3 Å². The molecule has 2 aromatic rings. The van der Waals surface area contributed by atoms with E-state index >= 15 is 0 Å². The highest BCUT2D eigenvalue weighted by Gasteiger charge is 2.27. The Hall–Kier alpha value is -2.44. The second kappa shape index (κ2) is 8.29. The molecule has 2 N–H and O–H groups in total. The molecule has 2 unspecified atom stereocenters. The standard InChI is InChI=1S/C22H28N4O2/c1-26-19-13-16(22(28-2)25-17(19)10-11-20(26)27)14-24-18-9-6-12-23-21(18)15-7-4-3-5-8-15/h3-5,7-8,13,18,21,23-24H,6,9-12,14H2,1-2H3. The molecule has 1 saturated heterocycles. The Balaban J connectivity index is 1.54. The number of nitrogens with zero attached hydrogens (tertiary/aromatic N) is 2. The third-order valence-corrected chi connectivity index (χ3v) is 5.79. The molecular formula is C22H28N4O2. The average molecular weight is 380 g/mol. The molecule has 2 aliphatic rings. The summed E-state index contributed by atoms with van der Waals surface area (Å²) in [7, 11) is 3.48. The number of anilines is 1. The molecule has 2 atom stereocenters. The Morgan fingerprint density at radius 2 is 2.11 bits per heavy atom. The van der Waals surface area contributed by atoms with Crippen molar-refractivity contribution in [1.82, 2.24) is 15.6 Å². The first-order valence-corrected chi connectivity index (χ1v) is 10.0. The van der Waals surface area contributed by atoms with Crippen LogP contribution >= 0.6 is 0 Å². The molecule has 3 heterocycles. The third-order valence-electron chi connectivity index (χ3n) is 5.79. The molecule has 0 saturated carbocycles. The Bertz CT molecular complexity index is 840. The first-order valence-electron chi connectivity index (χ1n) is 10.0. The fourth-order valence-electron chi connectivity index (χ4n) is 4.23. The van der Waals surface area contributed by atoms with Crippen LogP contribution in [-0.4, -0.2) is 37.6 Å². The van der Waals surface area contributed by atoms with Crippen LogP contribution in [0.15, 0.2) is 36.4 Å². The largest absolute Gasteiger partial charge is 0.481 e. The average Bonchev–Trinajstić information content (AvgIpc) is 2.75. The number of nitrogens with one attached hydrogen (secondary N) is 2. The number of ether oxygens (including phenoxy) is 1. The zero-order valence-electron chi connectivity index (χ0n) is 16.6. The van der Waals surface area contributed by atoms with Crippen LogP contribution in [0, 0.1) is 0 Å². The summed E-state index contributed by atoms with van der Waals surface area (Å²) in [5.41, 5.74) is 4.13. The van der Waals surface area contributed by atoms with Gasteiger partial charge in [0.2, 0.25) is 11.8 Å². The Morgan fingerprint density at radius 3 is 2.89 bits per heavy atom. The van der Waals surface area contributed by atoms with Gasteiger partial charge in [-0.2, -0.15) is 0 Å². The Morgan fingerprint density at radius 1 is 1.29 bits per heavy atom. The highest BCUT2D eigenvalue weighted by molar-refractivity contribution is 5.95. The second-order valence-corrected chi connectivity index (χ2v) is 7.55. The molecule has 0 aliphatic carbocycles. The topological polar surface area (TPSA) is 66.5 Å². The fraction of sp³-hybridized carbons (Fsp3) is 0.455. The molecule has 1 fully saturated rings. The molecule has 6 nitrogen and oxygen atoms in total. The van der Waals surface area contributed by atoms with Crippen LogP contribution in [0.25, 0.3) is 0 Å². The van der Waals surface area contributed by atoms with E-state index in [9.17, 15) is 4.79 Å². The number of methoxy groups -OCH3 is 1. The van der Waals surface area contributed by atoms with E-state index in [-0.39, 0.29) is 11.9 Å². The van der Waals surface area contributed by atoms with Crippen LogP contribution in [0.3, 0.4) is 0 Å². The fourth-order valence-corrected chi connectivity index (χ4v) is 4.23. The van der Waals surface area contributed by atoms with Crippen molar-refractivity contribution in [3.8, 4) is 5.88 Å². The van der Waals surface area contributed by atoms with Gasteiger partial charge in [-0.3, -0.25) is 4.79 Å². The summed E-state index contributed by atoms with van der Waals surface area (Å²) in [6.45, 7) is 1.69. The molecule has 0 spiro atoms. The maximum atomic E-state index is 12.1. The van der Waals surface area contributed by atoms with Gasteiger partial charge in [-0.15, -0.1) is 0 Å². The van der Waals surface area contributed by atoms with E-state index in [0.29, 0.717) is 31.3 Å². The molecule has 4 rings (SSSR count). The van der Waals surface area contributed by atoms with Crippen molar-refractivity contribution in [2.24, 2.45) is 0 Å². The quantitative estimate of drug-likeness (QED) is 0.835. The first-order chi connectivity index (χ1) is 13.7. The number of hydrogen-bond donors (Lipinski definition) is 2. The van der Waals surface area contributed by atoms with E-state index in [2.05, 4.69) is 52.0 Å². The van der Waals surface area contributed by atoms with Gasteiger partial charge in [0.25, 0.3) is 0 Å². The van der Waals surface area contributed by atoms with Crippen molar-refractivity contribution in [1.29, 1.82) is 0 Å². The second-order valence-electron chi connectivity index (χ2n) is 7.55. The number of carbonyl (C=O) groups is 1. The summed E-state index contributed by atoms with van der Waals surface area (Å²) >= 11 is 0. The molecule has 28 heavy (non-hydrogen) atoms. The normalized spacial score (nSPS) is 22.1. The van der Waals surface area contributed by atoms with Gasteiger partial charge >= 0.3 is 0 Å². The molecule has 1 aromatic heterocycles. The smallest absolute Gasteiger partial charge is 0.227 e. The number of aryl methyl sites for hydroxylation is 1. The lowest BCUT2D eigenvalue weighted by atomic mass is 9.92. The summed E-state index contributed by atoms with van der Waals surface area (Å²) < 4.78 is 5.55. The molecule has 1 amide bonds. The number of piperidine rings is 1. The van der Waals surface area contributed by atoms with Crippen LogP contribution in [0.4, 0.5) is 5.69 Å². The predicted octanol–water partition coefficient (Wildman–Crippen LogP) is 2.58. The molecule has 6 heteroatoms. The molecule has 148 valence electrons. The van der Waals surface area contributed by atoms with Gasteiger partial charge in [0, 0.05) is 44.1 Å². The number of pyridine rings is 1. The third kappa shape index (κ3) is 3.75. The van der Waals surface area contributed by atoms with Crippen LogP contribution in [0.5, 0.6) is 5.88 Å². The highest BCUT2D eigenvalue weighted by Crippen LogP contribution is 2.31. The van der Waals surface area contributed by atoms with Crippen LogP contribution in [0.1, 0.15) is 42.1 Å². The summed E-state index contributed by atoms with van der Waals surface area (Å²) in [6, 6.07) is 13.3.